The van der Waals surface area contributed by atoms with E-state index in [9.17, 15) is 18.0 Å². The molecule has 0 aliphatic carbocycles. The lowest BCUT2D eigenvalue weighted by Crippen LogP contribution is -2.50. The molecule has 1 aromatic carbocycles. The van der Waals surface area contributed by atoms with Crippen molar-refractivity contribution >= 4 is 39.3 Å². The van der Waals surface area contributed by atoms with E-state index in [1.165, 1.54) is 0 Å². The van der Waals surface area contributed by atoms with Gasteiger partial charge in [0.15, 0.2) is 6.61 Å². The first kappa shape index (κ1) is 20.7. The summed E-state index contributed by atoms with van der Waals surface area (Å²) in [6.45, 7) is 1.56. The number of nitrogens with zero attached hydrogens (tertiary/aromatic N) is 3. The van der Waals surface area contributed by atoms with Crippen LogP contribution in [0.15, 0.2) is 41.0 Å². The van der Waals surface area contributed by atoms with Crippen LogP contribution in [0.3, 0.4) is 0 Å². The lowest BCUT2D eigenvalue weighted by atomic mass is 10.2. The average molecular weight is 479 g/mol. The van der Waals surface area contributed by atoms with Gasteiger partial charge in [0.25, 0.3) is 5.91 Å². The highest BCUT2D eigenvalue weighted by Gasteiger charge is 2.32. The zero-order valence-corrected chi connectivity index (χ0v) is 16.9. The van der Waals surface area contributed by atoms with Crippen LogP contribution < -0.4 is 9.64 Å². The number of carbonyl (C=O) groups is 1. The maximum absolute atomic E-state index is 12.7. The fourth-order valence-corrected chi connectivity index (χ4v) is 3.30. The van der Waals surface area contributed by atoms with Gasteiger partial charge in [0.2, 0.25) is 0 Å². The monoisotopic (exact) mass is 477 g/mol. The number of amides is 1. The number of rotatable bonds is 4. The molecule has 2 heterocycles. The molecule has 1 amide bonds. The van der Waals surface area contributed by atoms with E-state index in [0.717, 1.165) is 16.7 Å². The van der Waals surface area contributed by atoms with Gasteiger partial charge in [-0.25, -0.2) is 4.98 Å². The molecule has 3 rings (SSSR count). The average Bonchev–Trinajstić information content (AvgIpc) is 2.67. The zero-order valence-electron chi connectivity index (χ0n) is 14.5. The second kappa shape index (κ2) is 8.57. The first-order valence-corrected chi connectivity index (χ1v) is 9.55. The Kier molecular flexibility index (Phi) is 6.34. The van der Waals surface area contributed by atoms with Crippen molar-refractivity contribution in [1.82, 2.24) is 9.88 Å². The van der Waals surface area contributed by atoms with Crippen LogP contribution in [-0.2, 0) is 11.0 Å². The second-order valence-electron chi connectivity index (χ2n) is 6.14. The van der Waals surface area contributed by atoms with E-state index >= 15 is 0 Å². The Morgan fingerprint density at radius 2 is 1.82 bits per heavy atom. The van der Waals surface area contributed by atoms with Crippen molar-refractivity contribution in [2.24, 2.45) is 0 Å². The number of benzene rings is 1. The molecule has 1 aliphatic rings. The number of aromatic nitrogens is 1. The third kappa shape index (κ3) is 5.08. The van der Waals surface area contributed by atoms with Gasteiger partial charge in [-0.15, -0.1) is 0 Å². The number of piperazine rings is 1. The number of hydrogen-bond acceptors (Lipinski definition) is 4. The van der Waals surface area contributed by atoms with Crippen molar-refractivity contribution in [3.8, 4) is 5.75 Å². The third-order valence-corrected chi connectivity index (χ3v) is 5.06. The third-order valence-electron chi connectivity index (χ3n) is 4.26. The number of ether oxygens (including phenoxy) is 1. The van der Waals surface area contributed by atoms with E-state index in [0.29, 0.717) is 31.9 Å². The van der Waals surface area contributed by atoms with Crippen molar-refractivity contribution < 1.29 is 22.7 Å². The number of anilines is 1. The Balaban J connectivity index is 1.54. The topological polar surface area (TPSA) is 45.7 Å². The van der Waals surface area contributed by atoms with Gasteiger partial charge in [-0.05, 0) is 30.3 Å². The molecule has 0 saturated carbocycles. The molecule has 5 nitrogen and oxygen atoms in total. The molecule has 0 N–H and O–H groups in total. The lowest BCUT2D eigenvalue weighted by molar-refractivity contribution is -0.138. The lowest BCUT2D eigenvalue weighted by Gasteiger charge is -2.35. The highest BCUT2D eigenvalue weighted by atomic mass is 79.9. The Hall–Kier alpha value is -2.00. The molecule has 28 heavy (non-hydrogen) atoms. The quantitative estimate of drug-likeness (QED) is 0.659. The first-order valence-electron chi connectivity index (χ1n) is 8.38. The molecule has 1 fully saturated rings. The summed E-state index contributed by atoms with van der Waals surface area (Å²) >= 11 is 9.31. The van der Waals surface area contributed by atoms with Crippen LogP contribution >= 0.6 is 27.5 Å². The van der Waals surface area contributed by atoms with Crippen LogP contribution in [0.5, 0.6) is 5.75 Å². The summed E-state index contributed by atoms with van der Waals surface area (Å²) < 4.78 is 44.6. The summed E-state index contributed by atoms with van der Waals surface area (Å²) in [7, 11) is 0. The van der Waals surface area contributed by atoms with Crippen molar-refractivity contribution in [2.45, 2.75) is 6.18 Å². The van der Waals surface area contributed by atoms with Crippen molar-refractivity contribution in [1.29, 1.82) is 0 Å². The van der Waals surface area contributed by atoms with Gasteiger partial charge in [0.1, 0.15) is 11.6 Å². The standard InChI is InChI=1S/C18H16BrClF3N3O2/c19-13-1-3-14(4-2-13)28-11-16(27)25-5-7-26(8-6-25)17-15(20)9-12(10-24-17)18(21,22)23/h1-4,9-10H,5-8,11H2. The maximum Gasteiger partial charge on any atom is 0.417 e. The Morgan fingerprint density at radius 3 is 2.39 bits per heavy atom. The molecule has 2 aromatic rings. The fraction of sp³-hybridized carbons (Fsp3) is 0.333. The van der Waals surface area contributed by atoms with Crippen molar-refractivity contribution in [3.63, 3.8) is 0 Å². The predicted octanol–water partition coefficient (Wildman–Crippen LogP) is 4.24. The van der Waals surface area contributed by atoms with Gasteiger partial charge in [-0.2, -0.15) is 13.2 Å². The van der Waals surface area contributed by atoms with Crippen LogP contribution in [0, 0.1) is 0 Å². The molecule has 0 radical (unpaired) electrons. The van der Waals surface area contributed by atoms with E-state index in [1.54, 1.807) is 21.9 Å². The summed E-state index contributed by atoms with van der Waals surface area (Å²) in [6.07, 6.45) is -3.72. The molecule has 1 aliphatic heterocycles. The molecule has 150 valence electrons. The van der Waals surface area contributed by atoms with Gasteiger partial charge in [0.05, 0.1) is 10.6 Å². The molecule has 0 atom stereocenters. The summed E-state index contributed by atoms with van der Waals surface area (Å²) in [5, 5.41) is -0.0619. The van der Waals surface area contributed by atoms with Gasteiger partial charge < -0.3 is 14.5 Å². The largest absolute Gasteiger partial charge is 0.484 e. The molecule has 0 bridgehead atoms. The van der Waals surface area contributed by atoms with E-state index in [4.69, 9.17) is 16.3 Å². The summed E-state index contributed by atoms with van der Waals surface area (Å²) in [6, 6.07) is 8.02. The molecule has 1 aromatic heterocycles. The smallest absolute Gasteiger partial charge is 0.417 e. The molecule has 10 heteroatoms. The van der Waals surface area contributed by atoms with Crippen LogP contribution in [0.4, 0.5) is 19.0 Å². The minimum atomic E-state index is -4.49. The molecule has 1 saturated heterocycles. The number of halogens is 5. The van der Waals surface area contributed by atoms with E-state index in [1.807, 2.05) is 12.1 Å². The normalized spacial score (nSPS) is 14.9. The van der Waals surface area contributed by atoms with Gasteiger partial charge >= 0.3 is 6.18 Å². The van der Waals surface area contributed by atoms with Crippen molar-refractivity contribution in [2.75, 3.05) is 37.7 Å². The van der Waals surface area contributed by atoms with Crippen LogP contribution in [0.2, 0.25) is 5.02 Å². The molecule has 0 spiro atoms. The number of pyridine rings is 1. The highest BCUT2D eigenvalue weighted by molar-refractivity contribution is 9.10. The SMILES string of the molecule is O=C(COc1ccc(Br)cc1)N1CCN(c2ncc(C(F)(F)F)cc2Cl)CC1. The first-order chi connectivity index (χ1) is 13.2. The summed E-state index contributed by atoms with van der Waals surface area (Å²) in [5.41, 5.74) is -0.889. The predicted molar refractivity (Wildman–Crippen MR) is 103 cm³/mol. The van der Waals surface area contributed by atoms with E-state index < -0.39 is 11.7 Å². The van der Waals surface area contributed by atoms with Gasteiger partial charge in [-0.3, -0.25) is 4.79 Å². The van der Waals surface area contributed by atoms with Crippen LogP contribution in [-0.4, -0.2) is 48.6 Å². The Labute approximate surface area is 173 Å². The van der Waals surface area contributed by atoms with Gasteiger partial charge in [0, 0.05) is 36.8 Å². The van der Waals surface area contributed by atoms with E-state index in [2.05, 4.69) is 20.9 Å². The number of alkyl halides is 3. The molecular weight excluding hydrogens is 463 g/mol. The summed E-state index contributed by atoms with van der Waals surface area (Å²) in [5.74, 6) is 0.720. The summed E-state index contributed by atoms with van der Waals surface area (Å²) in [4.78, 5) is 19.6. The highest BCUT2D eigenvalue weighted by Crippen LogP contribution is 2.33. The Bertz CT molecular complexity index is 841. The minimum absolute atomic E-state index is 0.0619. The Morgan fingerprint density at radius 1 is 1.18 bits per heavy atom. The second-order valence-corrected chi connectivity index (χ2v) is 7.46. The number of hydrogen-bond donors (Lipinski definition) is 0. The van der Waals surface area contributed by atoms with E-state index in [-0.39, 0.29) is 23.4 Å². The zero-order chi connectivity index (χ0) is 20.3. The van der Waals surface area contributed by atoms with Crippen molar-refractivity contribution in [3.05, 3.63) is 51.6 Å². The van der Waals surface area contributed by atoms with Crippen LogP contribution in [0.25, 0.3) is 0 Å². The van der Waals surface area contributed by atoms with Gasteiger partial charge in [-0.1, -0.05) is 27.5 Å². The minimum Gasteiger partial charge on any atom is -0.484 e. The fourth-order valence-electron chi connectivity index (χ4n) is 2.75. The molecule has 0 unspecified atom stereocenters. The van der Waals surface area contributed by atoms with Crippen LogP contribution in [0.1, 0.15) is 5.56 Å². The number of carbonyl (C=O) groups excluding carboxylic acids is 1. The molecular formula is C18H16BrClF3N3O2. The maximum atomic E-state index is 12.7.